The van der Waals surface area contributed by atoms with E-state index < -0.39 is 10.0 Å². The number of halogens is 1. The number of nitrogens with zero attached hydrogens (tertiary/aromatic N) is 3. The second-order valence-corrected chi connectivity index (χ2v) is 10.3. The third-order valence-electron chi connectivity index (χ3n) is 4.25. The van der Waals surface area contributed by atoms with Gasteiger partial charge in [0, 0.05) is 39.8 Å². The van der Waals surface area contributed by atoms with Crippen molar-refractivity contribution in [1.29, 1.82) is 0 Å². The number of carbonyl (C=O) groups excluding carboxylic acids is 2. The number of thiophene rings is 1. The standard InChI is InChI=1S/C16H25ClN4O4S2/c1-3-18-14(22)11-20-7-4-8-21(10-9-20)15(23)12-19(2)27(24,25)16-6-5-13(17)26-16/h5-6H,3-4,7-12H2,1-2H3,(H,18,22). The molecule has 1 saturated heterocycles. The molecule has 1 fully saturated rings. The maximum absolute atomic E-state index is 12.6. The van der Waals surface area contributed by atoms with Crippen molar-refractivity contribution in [2.45, 2.75) is 17.6 Å². The highest BCUT2D eigenvalue weighted by Crippen LogP contribution is 2.27. The van der Waals surface area contributed by atoms with Crippen molar-refractivity contribution < 1.29 is 18.0 Å². The fraction of sp³-hybridized carbons (Fsp3) is 0.625. The average molecular weight is 437 g/mol. The van der Waals surface area contributed by atoms with E-state index in [2.05, 4.69) is 5.32 Å². The van der Waals surface area contributed by atoms with Crippen LogP contribution in [0.25, 0.3) is 0 Å². The van der Waals surface area contributed by atoms with Crippen LogP contribution in [0.5, 0.6) is 0 Å². The van der Waals surface area contributed by atoms with Gasteiger partial charge in [-0.2, -0.15) is 4.31 Å². The average Bonchev–Trinajstić information content (AvgIpc) is 2.91. The normalized spacial score (nSPS) is 16.4. The predicted octanol–water partition coefficient (Wildman–Crippen LogP) is 0.692. The first-order valence-corrected chi connectivity index (χ1v) is 11.4. The number of hydrogen-bond acceptors (Lipinski definition) is 6. The molecule has 0 bridgehead atoms. The van der Waals surface area contributed by atoms with Crippen molar-refractivity contribution in [2.24, 2.45) is 0 Å². The first-order chi connectivity index (χ1) is 12.7. The molecule has 2 heterocycles. The van der Waals surface area contributed by atoms with Crippen LogP contribution in [0.2, 0.25) is 4.34 Å². The van der Waals surface area contributed by atoms with Gasteiger partial charge >= 0.3 is 0 Å². The highest BCUT2D eigenvalue weighted by Gasteiger charge is 2.27. The van der Waals surface area contributed by atoms with Crippen LogP contribution in [0.4, 0.5) is 0 Å². The topological polar surface area (TPSA) is 90.0 Å². The van der Waals surface area contributed by atoms with Crippen LogP contribution < -0.4 is 5.32 Å². The summed E-state index contributed by atoms with van der Waals surface area (Å²) in [7, 11) is -2.35. The molecule has 11 heteroatoms. The van der Waals surface area contributed by atoms with Crippen molar-refractivity contribution in [3.63, 3.8) is 0 Å². The molecule has 2 rings (SSSR count). The quantitative estimate of drug-likeness (QED) is 0.679. The summed E-state index contributed by atoms with van der Waals surface area (Å²) in [5.41, 5.74) is 0. The molecular weight excluding hydrogens is 412 g/mol. The number of amides is 2. The third-order valence-corrected chi connectivity index (χ3v) is 7.76. The van der Waals surface area contributed by atoms with Crippen LogP contribution in [0.15, 0.2) is 16.3 Å². The van der Waals surface area contributed by atoms with E-state index in [4.69, 9.17) is 11.6 Å². The van der Waals surface area contributed by atoms with Gasteiger partial charge in [0.05, 0.1) is 17.4 Å². The third kappa shape index (κ3) is 6.15. The molecule has 8 nitrogen and oxygen atoms in total. The number of nitrogens with one attached hydrogen (secondary N) is 1. The van der Waals surface area contributed by atoms with E-state index in [9.17, 15) is 18.0 Å². The largest absolute Gasteiger partial charge is 0.355 e. The van der Waals surface area contributed by atoms with Crippen LogP contribution in [-0.2, 0) is 19.6 Å². The number of carbonyl (C=O) groups is 2. The lowest BCUT2D eigenvalue weighted by molar-refractivity contribution is -0.131. The van der Waals surface area contributed by atoms with E-state index >= 15 is 0 Å². The molecule has 0 unspecified atom stereocenters. The molecule has 1 aliphatic heterocycles. The van der Waals surface area contributed by atoms with E-state index in [1.54, 1.807) is 4.90 Å². The van der Waals surface area contributed by atoms with Gasteiger partial charge in [-0.1, -0.05) is 11.6 Å². The molecule has 1 aromatic heterocycles. The minimum absolute atomic E-state index is 0.0299. The molecule has 0 atom stereocenters. The van der Waals surface area contributed by atoms with Crippen molar-refractivity contribution in [3.8, 4) is 0 Å². The number of rotatable bonds is 7. The summed E-state index contributed by atoms with van der Waals surface area (Å²) in [6, 6.07) is 2.96. The second-order valence-electron chi connectivity index (χ2n) is 6.28. The van der Waals surface area contributed by atoms with Crippen LogP contribution in [0.3, 0.4) is 0 Å². The lowest BCUT2D eigenvalue weighted by Gasteiger charge is -2.24. The monoisotopic (exact) mass is 436 g/mol. The van der Waals surface area contributed by atoms with E-state index in [0.717, 1.165) is 28.6 Å². The zero-order valence-electron chi connectivity index (χ0n) is 15.5. The summed E-state index contributed by atoms with van der Waals surface area (Å²) in [5.74, 6) is -0.277. The smallest absolute Gasteiger partial charge is 0.252 e. The second kappa shape index (κ2) is 9.83. The zero-order valence-corrected chi connectivity index (χ0v) is 17.9. The Morgan fingerprint density at radius 2 is 2.00 bits per heavy atom. The van der Waals surface area contributed by atoms with Gasteiger partial charge in [0.1, 0.15) is 4.21 Å². The van der Waals surface area contributed by atoms with Crippen molar-refractivity contribution in [2.75, 3.05) is 52.9 Å². The van der Waals surface area contributed by atoms with Crippen molar-refractivity contribution in [1.82, 2.24) is 19.4 Å². The number of sulfonamides is 1. The molecule has 0 spiro atoms. The molecule has 1 N–H and O–H groups in total. The minimum Gasteiger partial charge on any atom is -0.355 e. The molecular formula is C16H25ClN4O4S2. The van der Waals surface area contributed by atoms with Gasteiger partial charge in [0.2, 0.25) is 11.8 Å². The number of likely N-dealkylation sites (N-methyl/N-ethyl adjacent to an activating group) is 2. The summed E-state index contributed by atoms with van der Waals surface area (Å²) < 4.78 is 26.6. The first kappa shape index (κ1) is 22.1. The van der Waals surface area contributed by atoms with Gasteiger partial charge in [-0.25, -0.2) is 8.42 Å². The van der Waals surface area contributed by atoms with Crippen LogP contribution >= 0.6 is 22.9 Å². The molecule has 1 aliphatic rings. The zero-order chi connectivity index (χ0) is 20.0. The Kier molecular flexibility index (Phi) is 8.04. The fourth-order valence-corrected chi connectivity index (χ4v) is 5.61. The SMILES string of the molecule is CCNC(=O)CN1CCCN(C(=O)CN(C)S(=O)(=O)c2ccc(Cl)s2)CC1. The maximum Gasteiger partial charge on any atom is 0.252 e. The van der Waals surface area contributed by atoms with E-state index in [1.165, 1.54) is 19.2 Å². The maximum atomic E-state index is 12.6. The van der Waals surface area contributed by atoms with E-state index in [-0.39, 0.29) is 22.6 Å². The fourth-order valence-electron chi connectivity index (χ4n) is 2.80. The Bertz CT molecular complexity index is 768. The Morgan fingerprint density at radius 1 is 1.26 bits per heavy atom. The van der Waals surface area contributed by atoms with E-state index in [0.29, 0.717) is 37.1 Å². The number of hydrogen-bond donors (Lipinski definition) is 1. The Labute approximate surface area is 169 Å². The summed E-state index contributed by atoms with van der Waals surface area (Å²) >= 11 is 6.78. The van der Waals surface area contributed by atoms with Gasteiger partial charge < -0.3 is 10.2 Å². The molecule has 27 heavy (non-hydrogen) atoms. The molecule has 0 aromatic carbocycles. The lowest BCUT2D eigenvalue weighted by Crippen LogP contribution is -2.43. The molecule has 0 aliphatic carbocycles. The summed E-state index contributed by atoms with van der Waals surface area (Å²) in [4.78, 5) is 28.0. The molecule has 0 saturated carbocycles. The summed E-state index contributed by atoms with van der Waals surface area (Å²) in [6.07, 6.45) is 0.738. The predicted molar refractivity (Wildman–Crippen MR) is 105 cm³/mol. The highest BCUT2D eigenvalue weighted by molar-refractivity contribution is 7.91. The molecule has 0 radical (unpaired) electrons. The van der Waals surface area contributed by atoms with Gasteiger partial charge in [-0.15, -0.1) is 11.3 Å². The Hall–Kier alpha value is -1.20. The van der Waals surface area contributed by atoms with Crippen molar-refractivity contribution in [3.05, 3.63) is 16.5 Å². The summed E-state index contributed by atoms with van der Waals surface area (Å²) in [5, 5.41) is 2.76. The Morgan fingerprint density at radius 3 is 2.63 bits per heavy atom. The van der Waals surface area contributed by atoms with Crippen molar-refractivity contribution >= 4 is 44.8 Å². The van der Waals surface area contributed by atoms with Crippen LogP contribution in [0.1, 0.15) is 13.3 Å². The van der Waals surface area contributed by atoms with Gasteiger partial charge in [-0.05, 0) is 25.5 Å². The molecule has 1 aromatic rings. The Balaban J connectivity index is 1.91. The van der Waals surface area contributed by atoms with E-state index in [1.807, 2.05) is 11.8 Å². The van der Waals surface area contributed by atoms with Gasteiger partial charge in [0.15, 0.2) is 0 Å². The highest BCUT2D eigenvalue weighted by atomic mass is 35.5. The minimum atomic E-state index is -3.74. The van der Waals surface area contributed by atoms with Crippen LogP contribution in [0, 0.1) is 0 Å². The van der Waals surface area contributed by atoms with Gasteiger partial charge in [0.25, 0.3) is 10.0 Å². The molecule has 152 valence electrons. The first-order valence-electron chi connectivity index (χ1n) is 8.72. The molecule has 2 amide bonds. The van der Waals surface area contributed by atoms with Gasteiger partial charge in [-0.3, -0.25) is 14.5 Å². The van der Waals surface area contributed by atoms with Crippen LogP contribution in [-0.4, -0.2) is 87.2 Å². The summed E-state index contributed by atoms with van der Waals surface area (Å²) in [6.45, 7) is 4.86. The lowest BCUT2D eigenvalue weighted by atomic mass is 10.3.